The van der Waals surface area contributed by atoms with Gasteiger partial charge in [0.25, 0.3) is 0 Å². The molecule has 0 aliphatic carbocycles. The maximum absolute atomic E-state index is 5.55. The molecular formula is C7H8N10. The van der Waals surface area contributed by atoms with Crippen LogP contribution in [0.5, 0.6) is 0 Å². The molecule has 10 heteroatoms. The first-order chi connectivity index (χ1) is 8.17. The highest BCUT2D eigenvalue weighted by Gasteiger charge is 2.33. The zero-order chi connectivity index (χ0) is 12.0. The van der Waals surface area contributed by atoms with Gasteiger partial charge < -0.3 is 16.8 Å². The van der Waals surface area contributed by atoms with Crippen molar-refractivity contribution in [1.29, 1.82) is 0 Å². The van der Waals surface area contributed by atoms with Gasteiger partial charge >= 0.3 is 0 Å². The summed E-state index contributed by atoms with van der Waals surface area (Å²) in [6.07, 6.45) is 0. The highest BCUT2D eigenvalue weighted by atomic mass is 15.5. The molecule has 3 heterocycles. The van der Waals surface area contributed by atoms with Gasteiger partial charge in [0.1, 0.15) is 0 Å². The third-order valence-electron chi connectivity index (χ3n) is 2.09. The summed E-state index contributed by atoms with van der Waals surface area (Å²) in [6, 6.07) is 0. The average molecular weight is 232 g/mol. The number of hydrogen-bond acceptors (Lipinski definition) is 10. The van der Waals surface area contributed by atoms with Crippen molar-refractivity contribution in [2.45, 2.75) is 0 Å². The lowest BCUT2D eigenvalue weighted by molar-refractivity contribution is 0.819. The number of hydrogen-bond donors (Lipinski definition) is 3. The lowest BCUT2D eigenvalue weighted by atomic mass is 10.5. The predicted molar refractivity (Wildman–Crippen MR) is 63.9 cm³/mol. The first-order valence-electron chi connectivity index (χ1n) is 4.68. The molecule has 0 aromatic rings. The Morgan fingerprint density at radius 2 is 1.35 bits per heavy atom. The second-order valence-electron chi connectivity index (χ2n) is 3.20. The van der Waals surface area contributed by atoms with Gasteiger partial charge in [-0.15, -0.1) is 0 Å². The Balaban J connectivity index is 2.20. The van der Waals surface area contributed by atoms with E-state index in [1.165, 1.54) is 4.90 Å². The second-order valence-corrected chi connectivity index (χ2v) is 3.20. The van der Waals surface area contributed by atoms with Crippen LogP contribution in [0.1, 0.15) is 0 Å². The highest BCUT2D eigenvalue weighted by Crippen LogP contribution is 2.14. The van der Waals surface area contributed by atoms with E-state index in [0.717, 1.165) is 0 Å². The Morgan fingerprint density at radius 1 is 0.824 bits per heavy atom. The van der Waals surface area contributed by atoms with Gasteiger partial charge in [0.05, 0.1) is 0 Å². The van der Waals surface area contributed by atoms with Gasteiger partial charge in [-0.05, 0) is 0 Å². The third-order valence-corrected chi connectivity index (χ3v) is 2.09. The van der Waals surface area contributed by atoms with Gasteiger partial charge in [-0.1, -0.05) is 0 Å². The van der Waals surface area contributed by atoms with Gasteiger partial charge in [-0.25, -0.2) is 4.90 Å². The normalized spacial score (nSPS) is 21.4. The minimum atomic E-state index is 0.0603. The van der Waals surface area contributed by atoms with Crippen LogP contribution >= 0.6 is 0 Å². The number of nitrogens with zero attached hydrogens (tertiary/aromatic N) is 7. The molecular weight excluding hydrogens is 224 g/mol. The van der Waals surface area contributed by atoms with E-state index in [1.54, 1.807) is 7.05 Å². The van der Waals surface area contributed by atoms with E-state index in [1.807, 2.05) is 0 Å². The van der Waals surface area contributed by atoms with Crippen LogP contribution in [-0.2, 0) is 0 Å². The van der Waals surface area contributed by atoms with Gasteiger partial charge in [-0.3, -0.25) is 0 Å². The fourth-order valence-electron chi connectivity index (χ4n) is 1.43. The van der Waals surface area contributed by atoms with Crippen molar-refractivity contribution in [3.63, 3.8) is 0 Å². The Bertz CT molecular complexity index is 571. The Hall–Kier alpha value is -2.78. The second kappa shape index (κ2) is 3.10. The molecule has 0 saturated heterocycles. The average Bonchev–Trinajstić information content (AvgIpc) is 2.26. The molecule has 3 aliphatic rings. The van der Waals surface area contributed by atoms with E-state index in [-0.39, 0.29) is 17.9 Å². The van der Waals surface area contributed by atoms with Gasteiger partial charge in [0.2, 0.25) is 35.8 Å². The van der Waals surface area contributed by atoms with E-state index in [9.17, 15) is 0 Å². The quantitative estimate of drug-likeness (QED) is 0.428. The number of nitrogens with one attached hydrogen (secondary N) is 1. The van der Waals surface area contributed by atoms with Crippen molar-refractivity contribution in [3.8, 4) is 0 Å². The molecule has 0 spiro atoms. The molecule has 17 heavy (non-hydrogen) atoms. The topological polar surface area (TPSA) is 141 Å². The minimum Gasteiger partial charge on any atom is -0.368 e. The van der Waals surface area contributed by atoms with Crippen LogP contribution in [0.25, 0.3) is 0 Å². The maximum atomic E-state index is 5.55. The van der Waals surface area contributed by atoms with Crippen LogP contribution in [0.4, 0.5) is 0 Å². The molecule has 3 rings (SSSR count). The Kier molecular flexibility index (Phi) is 1.72. The van der Waals surface area contributed by atoms with Crippen LogP contribution in [0.15, 0.2) is 30.0 Å². The molecule has 5 N–H and O–H groups in total. The number of aliphatic imine (C=N–C) groups is 6. The maximum Gasteiger partial charge on any atom is 0.246 e. The van der Waals surface area contributed by atoms with Crippen LogP contribution in [0, 0.1) is 0 Å². The molecule has 10 nitrogen and oxygen atoms in total. The van der Waals surface area contributed by atoms with E-state index < -0.39 is 0 Å². The summed E-state index contributed by atoms with van der Waals surface area (Å²) in [5, 5.41) is 2.79. The van der Waals surface area contributed by atoms with Crippen molar-refractivity contribution in [3.05, 3.63) is 0 Å². The molecule has 0 fully saturated rings. The Labute approximate surface area is 95.3 Å². The molecule has 0 atom stereocenters. The molecule has 3 aliphatic heterocycles. The third kappa shape index (κ3) is 1.34. The molecule has 0 radical (unpaired) electrons. The summed E-state index contributed by atoms with van der Waals surface area (Å²) in [4.78, 5) is 25.6. The summed E-state index contributed by atoms with van der Waals surface area (Å²) in [7, 11) is 1.68. The molecule has 86 valence electrons. The monoisotopic (exact) mass is 232 g/mol. The first kappa shape index (κ1) is 9.45. The molecule has 0 aromatic carbocycles. The minimum absolute atomic E-state index is 0.0603. The summed E-state index contributed by atoms with van der Waals surface area (Å²) in [6.45, 7) is 0. The van der Waals surface area contributed by atoms with Crippen molar-refractivity contribution in [2.75, 3.05) is 7.05 Å². The summed E-state index contributed by atoms with van der Waals surface area (Å²) in [5.74, 6) is 1.36. The molecule has 0 aromatic heterocycles. The van der Waals surface area contributed by atoms with E-state index in [2.05, 4.69) is 35.3 Å². The molecule has 0 amide bonds. The molecule has 0 saturated carbocycles. The Morgan fingerprint density at radius 3 is 1.94 bits per heavy atom. The summed E-state index contributed by atoms with van der Waals surface area (Å²) in [5.41, 5.74) is 11.1. The fourth-order valence-corrected chi connectivity index (χ4v) is 1.43. The molecule has 0 bridgehead atoms. The highest BCUT2D eigenvalue weighted by molar-refractivity contribution is 6.29. The first-order valence-corrected chi connectivity index (χ1v) is 4.68. The number of guanidine groups is 6. The van der Waals surface area contributed by atoms with Crippen molar-refractivity contribution in [1.82, 2.24) is 10.2 Å². The van der Waals surface area contributed by atoms with Crippen molar-refractivity contribution < 1.29 is 0 Å². The zero-order valence-electron chi connectivity index (χ0n) is 8.79. The van der Waals surface area contributed by atoms with E-state index in [4.69, 9.17) is 11.5 Å². The van der Waals surface area contributed by atoms with Gasteiger partial charge in [0, 0.05) is 7.05 Å². The van der Waals surface area contributed by atoms with Crippen LogP contribution in [0.3, 0.4) is 0 Å². The largest absolute Gasteiger partial charge is 0.368 e. The summed E-state index contributed by atoms with van der Waals surface area (Å²) < 4.78 is 0. The molecule has 0 unspecified atom stereocenters. The van der Waals surface area contributed by atoms with E-state index >= 15 is 0 Å². The van der Waals surface area contributed by atoms with Crippen molar-refractivity contribution in [2.24, 2.45) is 41.4 Å². The van der Waals surface area contributed by atoms with Gasteiger partial charge in [-0.2, -0.15) is 30.0 Å². The standard InChI is InChI=1S/C7H8N10/c1-10-4-15-6-13-2(8)11-5-12-3(9)14-7(16-4)17(5)6/h1H3,(H5,8,9,10,11,12,13,14,15,16). The van der Waals surface area contributed by atoms with Gasteiger partial charge in [0.15, 0.2) is 0 Å². The van der Waals surface area contributed by atoms with Crippen molar-refractivity contribution >= 4 is 35.8 Å². The van der Waals surface area contributed by atoms with Crippen LogP contribution in [0.2, 0.25) is 0 Å². The zero-order valence-corrected chi connectivity index (χ0v) is 8.79. The predicted octanol–water partition coefficient (Wildman–Crippen LogP) is -2.40. The van der Waals surface area contributed by atoms with Crippen LogP contribution in [-0.4, -0.2) is 47.7 Å². The number of rotatable bonds is 0. The SMILES string of the molecule is CNC1=NC2=NC(N)=NC3=NC(N)=NC(=N1)N32. The number of nitrogens with two attached hydrogens (primary N) is 2. The fraction of sp³-hybridized carbons (Fsp3) is 0.143. The lowest BCUT2D eigenvalue weighted by Gasteiger charge is -2.28. The van der Waals surface area contributed by atoms with E-state index in [0.29, 0.717) is 17.9 Å². The lowest BCUT2D eigenvalue weighted by Crippen LogP contribution is -2.50. The summed E-state index contributed by atoms with van der Waals surface area (Å²) >= 11 is 0. The van der Waals surface area contributed by atoms with Crippen LogP contribution < -0.4 is 16.8 Å². The smallest absolute Gasteiger partial charge is 0.246 e.